The van der Waals surface area contributed by atoms with Crippen molar-refractivity contribution >= 4 is 33.4 Å². The molecule has 0 fully saturated rings. The molecule has 19 heavy (non-hydrogen) atoms. The van der Waals surface area contributed by atoms with E-state index < -0.39 is 0 Å². The van der Waals surface area contributed by atoms with Crippen LogP contribution in [0.25, 0.3) is 0 Å². The van der Waals surface area contributed by atoms with Crippen LogP contribution < -0.4 is 5.32 Å². The minimum Gasteiger partial charge on any atom is -0.498 e. The maximum absolute atomic E-state index is 11.7. The van der Waals surface area contributed by atoms with Crippen LogP contribution in [-0.4, -0.2) is 23.3 Å². The quantitative estimate of drug-likeness (QED) is 0.644. The highest BCUT2D eigenvalue weighted by Gasteiger charge is 2.13. The number of Topliss-reactive ketones (excluding diaryl/α,β-unsaturated/α-hetero) is 1. The van der Waals surface area contributed by atoms with Gasteiger partial charge in [-0.05, 0) is 35.8 Å². The maximum atomic E-state index is 11.7. The normalized spacial score (nSPS) is 9.84. The lowest BCUT2D eigenvalue weighted by molar-refractivity contribution is -0.116. The number of hydrogen-bond donors (Lipinski definition) is 1. The topological polar surface area (TPSA) is 68.3 Å². The van der Waals surface area contributed by atoms with Gasteiger partial charge in [0.25, 0.3) is 0 Å². The van der Waals surface area contributed by atoms with Crippen LogP contribution in [0.1, 0.15) is 30.6 Å². The Morgan fingerprint density at radius 1 is 1.53 bits per heavy atom. The fourth-order valence-corrected chi connectivity index (χ4v) is 1.75. The SMILES string of the molecule is C=C(CC(=O)Nc1ncc(Br)cc1C(C)=O)OCC. The number of nitrogens with zero attached hydrogens (tertiary/aromatic N) is 1. The number of nitrogens with one attached hydrogen (secondary N) is 1. The summed E-state index contributed by atoms with van der Waals surface area (Å²) in [6.45, 7) is 7.31. The van der Waals surface area contributed by atoms with Gasteiger partial charge in [0.05, 0.1) is 24.4 Å². The van der Waals surface area contributed by atoms with E-state index in [4.69, 9.17) is 4.74 Å². The van der Waals surface area contributed by atoms with Crippen LogP contribution in [0.2, 0.25) is 0 Å². The van der Waals surface area contributed by atoms with Crippen LogP contribution in [0.4, 0.5) is 5.82 Å². The van der Waals surface area contributed by atoms with E-state index in [-0.39, 0.29) is 23.9 Å². The molecular formula is C13H15BrN2O3. The summed E-state index contributed by atoms with van der Waals surface area (Å²) in [6.07, 6.45) is 1.54. The lowest BCUT2D eigenvalue weighted by atomic mass is 10.2. The van der Waals surface area contributed by atoms with Crippen LogP contribution in [0.15, 0.2) is 29.1 Å². The number of aromatic nitrogens is 1. The molecule has 6 heteroatoms. The Labute approximate surface area is 120 Å². The Hall–Kier alpha value is -1.69. The molecule has 1 rings (SSSR count). The van der Waals surface area contributed by atoms with Gasteiger partial charge in [-0.2, -0.15) is 0 Å². The lowest BCUT2D eigenvalue weighted by Crippen LogP contribution is -2.16. The number of halogens is 1. The molecule has 1 aromatic heterocycles. The molecule has 1 N–H and O–H groups in total. The van der Waals surface area contributed by atoms with Crippen LogP contribution in [0.3, 0.4) is 0 Å². The van der Waals surface area contributed by atoms with Crippen molar-refractivity contribution in [3.63, 3.8) is 0 Å². The molecule has 1 aromatic rings. The smallest absolute Gasteiger partial charge is 0.233 e. The lowest BCUT2D eigenvalue weighted by Gasteiger charge is -2.10. The Balaban J connectivity index is 2.79. The van der Waals surface area contributed by atoms with Crippen LogP contribution in [-0.2, 0) is 9.53 Å². The fourth-order valence-electron chi connectivity index (χ4n) is 1.42. The van der Waals surface area contributed by atoms with Crippen molar-refractivity contribution < 1.29 is 14.3 Å². The number of carbonyl (C=O) groups is 2. The predicted molar refractivity (Wildman–Crippen MR) is 76.0 cm³/mol. The van der Waals surface area contributed by atoms with E-state index in [0.717, 1.165) is 0 Å². The Morgan fingerprint density at radius 3 is 2.79 bits per heavy atom. The average molecular weight is 327 g/mol. The first-order valence-electron chi connectivity index (χ1n) is 5.71. The van der Waals surface area contributed by atoms with E-state index in [9.17, 15) is 9.59 Å². The molecule has 0 radical (unpaired) electrons. The van der Waals surface area contributed by atoms with Crippen molar-refractivity contribution in [2.75, 3.05) is 11.9 Å². The van der Waals surface area contributed by atoms with Crippen molar-refractivity contribution in [2.45, 2.75) is 20.3 Å². The molecule has 0 spiro atoms. The summed E-state index contributed by atoms with van der Waals surface area (Å²) in [5, 5.41) is 2.58. The summed E-state index contributed by atoms with van der Waals surface area (Å²) in [5.41, 5.74) is 0.352. The molecule has 0 aliphatic rings. The monoisotopic (exact) mass is 326 g/mol. The van der Waals surface area contributed by atoms with Gasteiger partial charge in [0.1, 0.15) is 5.82 Å². The maximum Gasteiger partial charge on any atom is 0.233 e. The van der Waals surface area contributed by atoms with E-state index in [2.05, 4.69) is 32.8 Å². The number of anilines is 1. The first kappa shape index (κ1) is 15.4. The van der Waals surface area contributed by atoms with Crippen molar-refractivity contribution in [1.29, 1.82) is 0 Å². The van der Waals surface area contributed by atoms with Gasteiger partial charge in [0, 0.05) is 10.7 Å². The third-order valence-corrected chi connectivity index (χ3v) is 2.63. The van der Waals surface area contributed by atoms with E-state index in [1.807, 2.05) is 6.92 Å². The Bertz CT molecular complexity index is 515. The van der Waals surface area contributed by atoms with Crippen molar-refractivity contribution in [1.82, 2.24) is 4.98 Å². The summed E-state index contributed by atoms with van der Waals surface area (Å²) in [6, 6.07) is 1.61. The molecular weight excluding hydrogens is 312 g/mol. The first-order valence-corrected chi connectivity index (χ1v) is 6.50. The van der Waals surface area contributed by atoms with Gasteiger partial charge in [-0.25, -0.2) is 4.98 Å². The molecule has 1 heterocycles. The molecule has 0 saturated heterocycles. The second-order valence-electron chi connectivity index (χ2n) is 3.80. The number of amides is 1. The Morgan fingerprint density at radius 2 is 2.21 bits per heavy atom. The van der Waals surface area contributed by atoms with Gasteiger partial charge >= 0.3 is 0 Å². The summed E-state index contributed by atoms with van der Waals surface area (Å²) in [5.74, 6) is 0.120. The third-order valence-electron chi connectivity index (χ3n) is 2.20. The second kappa shape index (κ2) is 7.04. The van der Waals surface area contributed by atoms with Crippen molar-refractivity contribution in [3.05, 3.63) is 34.6 Å². The average Bonchev–Trinajstić information content (AvgIpc) is 2.31. The third kappa shape index (κ3) is 4.82. The molecule has 0 aromatic carbocycles. The second-order valence-corrected chi connectivity index (χ2v) is 4.72. The molecule has 1 amide bonds. The zero-order chi connectivity index (χ0) is 14.4. The summed E-state index contributed by atoms with van der Waals surface area (Å²) >= 11 is 3.23. The van der Waals surface area contributed by atoms with E-state index in [1.54, 1.807) is 6.07 Å². The molecule has 0 unspecified atom stereocenters. The standard InChI is InChI=1S/C13H15BrN2O3/c1-4-19-8(2)5-12(18)16-13-11(9(3)17)6-10(14)7-15-13/h6-7H,2,4-5H2,1,3H3,(H,15,16,18). The number of pyridine rings is 1. The van der Waals surface area contributed by atoms with Crippen molar-refractivity contribution in [2.24, 2.45) is 0 Å². The van der Waals surface area contributed by atoms with Crippen LogP contribution in [0, 0.1) is 0 Å². The van der Waals surface area contributed by atoms with Gasteiger partial charge in [-0.1, -0.05) is 6.58 Å². The molecule has 0 aliphatic carbocycles. The van der Waals surface area contributed by atoms with Crippen LogP contribution >= 0.6 is 15.9 Å². The van der Waals surface area contributed by atoms with Gasteiger partial charge in [0.15, 0.2) is 5.78 Å². The minimum absolute atomic E-state index is 0.0307. The highest BCUT2D eigenvalue weighted by molar-refractivity contribution is 9.10. The minimum atomic E-state index is -0.323. The molecule has 0 aliphatic heterocycles. The largest absolute Gasteiger partial charge is 0.498 e. The van der Waals surface area contributed by atoms with Gasteiger partial charge < -0.3 is 10.1 Å². The molecule has 0 saturated carbocycles. The van der Waals surface area contributed by atoms with Gasteiger partial charge in [-0.3, -0.25) is 9.59 Å². The predicted octanol–water partition coefficient (Wildman–Crippen LogP) is 2.93. The van der Waals surface area contributed by atoms with Gasteiger partial charge in [0.2, 0.25) is 5.91 Å². The molecule has 5 nitrogen and oxygen atoms in total. The van der Waals surface area contributed by atoms with Gasteiger partial charge in [-0.15, -0.1) is 0 Å². The molecule has 0 bridgehead atoms. The number of carbonyl (C=O) groups excluding carboxylic acids is 2. The molecule has 102 valence electrons. The van der Waals surface area contributed by atoms with E-state index in [0.29, 0.717) is 22.4 Å². The van der Waals surface area contributed by atoms with Crippen molar-refractivity contribution in [3.8, 4) is 0 Å². The zero-order valence-corrected chi connectivity index (χ0v) is 12.4. The Kier molecular flexibility index (Phi) is 5.69. The number of rotatable bonds is 6. The van der Waals surface area contributed by atoms with Crippen LogP contribution in [0.5, 0.6) is 0 Å². The zero-order valence-electron chi connectivity index (χ0n) is 10.8. The number of ether oxygens (including phenoxy) is 1. The number of ketones is 1. The molecule has 0 atom stereocenters. The highest BCUT2D eigenvalue weighted by Crippen LogP contribution is 2.19. The fraction of sp³-hybridized carbons (Fsp3) is 0.308. The first-order chi connectivity index (χ1) is 8.93. The summed E-state index contributed by atoms with van der Waals surface area (Å²) in [4.78, 5) is 27.2. The van der Waals surface area contributed by atoms with E-state index >= 15 is 0 Å². The van der Waals surface area contributed by atoms with E-state index in [1.165, 1.54) is 13.1 Å². The highest BCUT2D eigenvalue weighted by atomic mass is 79.9. The number of hydrogen-bond acceptors (Lipinski definition) is 4. The summed E-state index contributed by atoms with van der Waals surface area (Å²) in [7, 11) is 0. The summed E-state index contributed by atoms with van der Waals surface area (Å²) < 4.78 is 5.77.